The van der Waals surface area contributed by atoms with Crippen molar-refractivity contribution in [1.29, 1.82) is 0 Å². The Morgan fingerprint density at radius 3 is 2.49 bits per heavy atom. The third kappa shape index (κ3) is 4.55. The average Bonchev–Trinajstić information content (AvgIpc) is 3.60. The molecule has 0 radical (unpaired) electrons. The number of ether oxygens (including phenoxy) is 1. The first-order chi connectivity index (χ1) is 19.0. The van der Waals surface area contributed by atoms with Gasteiger partial charge in [0.25, 0.3) is 0 Å². The number of hydrogen-bond donors (Lipinski definition) is 0. The lowest BCUT2D eigenvalue weighted by Crippen LogP contribution is -2.47. The maximum absolute atomic E-state index is 6.78. The van der Waals surface area contributed by atoms with Crippen LogP contribution in [0.2, 0.25) is 10.0 Å². The highest BCUT2D eigenvalue weighted by molar-refractivity contribution is 6.38. The summed E-state index contributed by atoms with van der Waals surface area (Å²) in [5.41, 5.74) is 5.44. The van der Waals surface area contributed by atoms with Crippen LogP contribution < -0.4 is 0 Å². The summed E-state index contributed by atoms with van der Waals surface area (Å²) >= 11 is 13.0. The first kappa shape index (κ1) is 25.1. The lowest BCUT2D eigenvalue weighted by atomic mass is 9.59. The van der Waals surface area contributed by atoms with E-state index in [1.54, 1.807) is 12.4 Å². The molecule has 6 nitrogen and oxygen atoms in total. The number of nitrogens with zero attached hydrogens (tertiary/aromatic N) is 4. The van der Waals surface area contributed by atoms with Crippen molar-refractivity contribution in [2.45, 2.75) is 82.8 Å². The van der Waals surface area contributed by atoms with Crippen molar-refractivity contribution < 1.29 is 9.26 Å². The molecule has 2 bridgehead atoms. The number of pyridine rings is 2. The van der Waals surface area contributed by atoms with Gasteiger partial charge in [0.2, 0.25) is 0 Å². The third-order valence-electron chi connectivity index (χ3n) is 8.99. The topological polar surface area (TPSA) is 65.5 Å². The number of rotatable bonds is 6. The normalized spacial score (nSPS) is 24.2. The second kappa shape index (κ2) is 9.66. The number of hydrogen-bond acceptors (Lipinski definition) is 5. The van der Waals surface area contributed by atoms with E-state index in [0.717, 1.165) is 80.5 Å². The molecular formula is C31H30Cl2N4O2. The molecule has 0 aromatic carbocycles. The van der Waals surface area contributed by atoms with Crippen molar-refractivity contribution in [1.82, 2.24) is 19.5 Å². The van der Waals surface area contributed by atoms with Crippen molar-refractivity contribution >= 4 is 28.8 Å². The minimum atomic E-state index is -0.135. The SMILES string of the molecule is CCc1ccc2ncc(C#CC34CCC(OCc5c(-c6c(Cl)cncc6Cl)noc5C5CC5)(CC3)CC4)n2c1. The second-order valence-corrected chi connectivity index (χ2v) is 12.2. The Morgan fingerprint density at radius 2 is 1.79 bits per heavy atom. The number of halogens is 2. The van der Waals surface area contributed by atoms with Gasteiger partial charge in [0.05, 0.1) is 28.5 Å². The van der Waals surface area contributed by atoms with Crippen molar-refractivity contribution in [3.05, 3.63) is 69.5 Å². The van der Waals surface area contributed by atoms with E-state index in [9.17, 15) is 0 Å². The Balaban J connectivity index is 1.09. The molecule has 8 heteroatoms. The smallest absolute Gasteiger partial charge is 0.145 e. The molecule has 8 rings (SSSR count). The van der Waals surface area contributed by atoms with E-state index in [-0.39, 0.29) is 11.0 Å². The molecule has 0 aliphatic heterocycles. The first-order valence-corrected chi connectivity index (χ1v) is 14.6. The lowest BCUT2D eigenvalue weighted by Gasteiger charge is -2.51. The second-order valence-electron chi connectivity index (χ2n) is 11.4. The molecule has 39 heavy (non-hydrogen) atoms. The largest absolute Gasteiger partial charge is 0.370 e. The first-order valence-electron chi connectivity index (χ1n) is 13.9. The van der Waals surface area contributed by atoms with Crippen LogP contribution in [0.1, 0.15) is 86.8 Å². The van der Waals surface area contributed by atoms with E-state index in [4.69, 9.17) is 32.5 Å². The van der Waals surface area contributed by atoms with Crippen LogP contribution in [0.4, 0.5) is 0 Å². The summed E-state index contributed by atoms with van der Waals surface area (Å²) in [7, 11) is 0. The van der Waals surface area contributed by atoms with Crippen LogP contribution in [0.5, 0.6) is 0 Å². The van der Waals surface area contributed by atoms with E-state index in [1.807, 2.05) is 6.20 Å². The molecule has 4 heterocycles. The molecule has 4 aromatic rings. The van der Waals surface area contributed by atoms with Gasteiger partial charge in [0, 0.05) is 41.1 Å². The Hall–Kier alpha value is -2.85. The summed E-state index contributed by atoms with van der Waals surface area (Å²) in [6, 6.07) is 4.21. The van der Waals surface area contributed by atoms with Gasteiger partial charge in [0.1, 0.15) is 22.8 Å². The molecular weight excluding hydrogens is 531 g/mol. The van der Waals surface area contributed by atoms with Crippen molar-refractivity contribution in [2.24, 2.45) is 5.41 Å². The fourth-order valence-corrected chi connectivity index (χ4v) is 6.81. The van der Waals surface area contributed by atoms with Crippen molar-refractivity contribution in [2.75, 3.05) is 0 Å². The van der Waals surface area contributed by atoms with Crippen LogP contribution in [-0.2, 0) is 17.8 Å². The van der Waals surface area contributed by atoms with Crippen LogP contribution in [0.3, 0.4) is 0 Å². The Bertz CT molecular complexity index is 1580. The van der Waals surface area contributed by atoms with Crippen LogP contribution in [0, 0.1) is 17.3 Å². The van der Waals surface area contributed by atoms with Gasteiger partial charge in [-0.2, -0.15) is 0 Å². The molecule has 0 spiro atoms. The van der Waals surface area contributed by atoms with Gasteiger partial charge in [-0.05, 0) is 75.3 Å². The number of fused-ring (bicyclic) bond motifs is 4. The van der Waals surface area contributed by atoms with E-state index in [1.165, 1.54) is 5.56 Å². The zero-order valence-electron chi connectivity index (χ0n) is 22.0. The molecule has 0 atom stereocenters. The molecule has 0 unspecified atom stereocenters. The molecule has 4 fully saturated rings. The predicted molar refractivity (Wildman–Crippen MR) is 151 cm³/mol. The van der Waals surface area contributed by atoms with Gasteiger partial charge >= 0.3 is 0 Å². The van der Waals surface area contributed by atoms with Crippen LogP contribution >= 0.6 is 23.2 Å². The van der Waals surface area contributed by atoms with Crippen LogP contribution in [0.15, 0.2) is 41.4 Å². The van der Waals surface area contributed by atoms with Crippen LogP contribution in [-0.4, -0.2) is 25.1 Å². The highest BCUT2D eigenvalue weighted by atomic mass is 35.5. The maximum Gasteiger partial charge on any atom is 0.145 e. The Morgan fingerprint density at radius 1 is 1.05 bits per heavy atom. The number of aromatic nitrogens is 4. The quantitative estimate of drug-likeness (QED) is 0.225. The minimum Gasteiger partial charge on any atom is -0.370 e. The summed E-state index contributed by atoms with van der Waals surface area (Å²) in [6.07, 6.45) is 16.6. The average molecular weight is 562 g/mol. The lowest BCUT2D eigenvalue weighted by molar-refractivity contribution is -0.131. The fourth-order valence-electron chi connectivity index (χ4n) is 6.27. The van der Waals surface area contributed by atoms with E-state index in [2.05, 4.69) is 56.6 Å². The number of imidazole rings is 1. The molecule has 0 N–H and O–H groups in total. The highest BCUT2D eigenvalue weighted by Crippen LogP contribution is 2.54. The van der Waals surface area contributed by atoms with Crippen molar-refractivity contribution in [3.63, 3.8) is 0 Å². The van der Waals surface area contributed by atoms with Gasteiger partial charge in [-0.15, -0.1) is 0 Å². The summed E-state index contributed by atoms with van der Waals surface area (Å²) in [4.78, 5) is 8.64. The summed E-state index contributed by atoms with van der Waals surface area (Å²) < 4.78 is 14.7. The third-order valence-corrected chi connectivity index (χ3v) is 9.56. The molecule has 4 aliphatic rings. The van der Waals surface area contributed by atoms with E-state index in [0.29, 0.717) is 33.8 Å². The molecule has 4 saturated carbocycles. The molecule has 0 saturated heterocycles. The molecule has 0 amide bonds. The van der Waals surface area contributed by atoms with Crippen LogP contribution in [0.25, 0.3) is 16.9 Å². The number of aryl methyl sites for hydroxylation is 1. The Kier molecular flexibility index (Phi) is 6.23. The summed E-state index contributed by atoms with van der Waals surface area (Å²) in [5, 5.41) is 5.34. The predicted octanol–water partition coefficient (Wildman–Crippen LogP) is 7.79. The van der Waals surface area contributed by atoms with Gasteiger partial charge in [0.15, 0.2) is 0 Å². The fraction of sp³-hybridized carbons (Fsp3) is 0.452. The Labute approximate surface area is 238 Å². The van der Waals surface area contributed by atoms with Gasteiger partial charge < -0.3 is 9.26 Å². The maximum atomic E-state index is 6.78. The summed E-state index contributed by atoms with van der Waals surface area (Å²) in [6.45, 7) is 2.61. The molecule has 200 valence electrons. The zero-order valence-corrected chi connectivity index (χ0v) is 23.5. The standard InChI is InChI=1S/C31H30Cl2N4O2/c1-2-20-3-6-26-35-15-22(37(26)18-20)7-8-30-9-12-31(13-10-30,14-11-30)38-19-23-28(36-39-29(23)21-4-5-21)27-24(32)16-34-17-25(27)33/h3,6,15-18,21H,2,4-5,9-14,19H2,1H3. The molecule has 4 aliphatic carbocycles. The zero-order chi connectivity index (χ0) is 26.6. The summed E-state index contributed by atoms with van der Waals surface area (Å²) in [5.74, 6) is 8.50. The van der Waals surface area contributed by atoms with Gasteiger partial charge in [-0.1, -0.05) is 47.3 Å². The highest BCUT2D eigenvalue weighted by Gasteiger charge is 2.49. The van der Waals surface area contributed by atoms with E-state index < -0.39 is 0 Å². The van der Waals surface area contributed by atoms with E-state index >= 15 is 0 Å². The minimum absolute atomic E-state index is 0.0528. The van der Waals surface area contributed by atoms with Crippen molar-refractivity contribution in [3.8, 4) is 23.1 Å². The molecule has 4 aromatic heterocycles. The van der Waals surface area contributed by atoms with Gasteiger partial charge in [-0.25, -0.2) is 4.98 Å². The van der Waals surface area contributed by atoms with Gasteiger partial charge in [-0.3, -0.25) is 9.38 Å². The monoisotopic (exact) mass is 560 g/mol.